The minimum Gasteiger partial charge on any atom is -0.496 e. The molecule has 0 radical (unpaired) electrons. The van der Waals surface area contributed by atoms with Crippen LogP contribution in [0.2, 0.25) is 0 Å². The Hall–Kier alpha value is -2.08. The predicted molar refractivity (Wildman–Crippen MR) is 112 cm³/mol. The zero-order chi connectivity index (χ0) is 21.9. The van der Waals surface area contributed by atoms with Gasteiger partial charge in [0.2, 0.25) is 0 Å². The lowest BCUT2D eigenvalue weighted by Gasteiger charge is -2.71. The Morgan fingerprint density at radius 3 is 2.30 bits per heavy atom. The molecule has 6 heteroatoms. The van der Waals surface area contributed by atoms with Crippen molar-refractivity contribution in [1.82, 2.24) is 4.90 Å². The Morgan fingerprint density at radius 2 is 1.73 bits per heavy atom. The fourth-order valence-electron chi connectivity index (χ4n) is 6.81. The zero-order valence-corrected chi connectivity index (χ0v) is 18.9. The molecule has 0 spiro atoms. The maximum Gasteiger partial charge on any atom is 0.325 e. The number of carbonyl (C=O) groups is 2. The third kappa shape index (κ3) is 2.40. The highest BCUT2D eigenvalue weighted by Gasteiger charge is 2.74. The Balaban J connectivity index is 1.89. The first-order chi connectivity index (χ1) is 14.2. The van der Waals surface area contributed by atoms with Gasteiger partial charge in [0.15, 0.2) is 5.41 Å². The molecule has 3 fully saturated rings. The van der Waals surface area contributed by atoms with Crippen LogP contribution in [0.5, 0.6) is 5.75 Å². The van der Waals surface area contributed by atoms with Crippen molar-refractivity contribution in [3.8, 4) is 5.75 Å². The summed E-state index contributed by atoms with van der Waals surface area (Å²) in [6.07, 6.45) is 1.96. The van der Waals surface area contributed by atoms with Crippen LogP contribution in [0, 0.1) is 10.8 Å². The minimum absolute atomic E-state index is 0.181. The molecule has 0 N–H and O–H groups in total. The zero-order valence-electron chi connectivity index (χ0n) is 18.9. The van der Waals surface area contributed by atoms with Crippen molar-refractivity contribution in [2.24, 2.45) is 10.8 Å². The molecule has 30 heavy (non-hydrogen) atoms. The summed E-state index contributed by atoms with van der Waals surface area (Å²) in [7, 11) is 3.76. The van der Waals surface area contributed by atoms with Crippen LogP contribution in [0.15, 0.2) is 18.2 Å². The smallest absolute Gasteiger partial charge is 0.325 e. The van der Waals surface area contributed by atoms with Gasteiger partial charge in [-0.25, -0.2) is 0 Å². The number of nitrogens with zero attached hydrogens (tertiary/aromatic N) is 1. The van der Waals surface area contributed by atoms with Crippen LogP contribution in [0.4, 0.5) is 0 Å². The molecule has 1 aromatic carbocycles. The monoisotopic (exact) mass is 415 g/mol. The van der Waals surface area contributed by atoms with Gasteiger partial charge in [0.05, 0.1) is 20.3 Å². The lowest BCUT2D eigenvalue weighted by Crippen LogP contribution is -2.78. The summed E-state index contributed by atoms with van der Waals surface area (Å²) in [5.74, 6) is 0.0252. The first-order valence-corrected chi connectivity index (χ1v) is 10.9. The molecule has 2 aliphatic carbocycles. The number of benzene rings is 1. The van der Waals surface area contributed by atoms with Crippen molar-refractivity contribution in [3.63, 3.8) is 0 Å². The molecule has 4 aliphatic rings. The van der Waals surface area contributed by atoms with E-state index in [-0.39, 0.29) is 36.1 Å². The van der Waals surface area contributed by atoms with E-state index in [0.717, 1.165) is 12.2 Å². The molecule has 2 saturated heterocycles. The van der Waals surface area contributed by atoms with E-state index in [1.54, 1.807) is 21.0 Å². The van der Waals surface area contributed by atoms with Crippen molar-refractivity contribution in [2.75, 3.05) is 27.4 Å². The van der Waals surface area contributed by atoms with Crippen LogP contribution < -0.4 is 4.74 Å². The first-order valence-electron chi connectivity index (χ1n) is 10.9. The molecule has 2 heterocycles. The molecule has 4 unspecified atom stereocenters. The van der Waals surface area contributed by atoms with E-state index >= 15 is 0 Å². The van der Waals surface area contributed by atoms with Crippen LogP contribution in [0.3, 0.4) is 0 Å². The van der Waals surface area contributed by atoms with E-state index in [1.165, 1.54) is 11.1 Å². The maximum atomic E-state index is 13.3. The number of likely N-dealkylation sites (N-methyl/N-ethyl adjacent to an activating group) is 1. The number of piperidine rings is 2. The molecular formula is C24H33NO5. The number of hydrogen-bond acceptors (Lipinski definition) is 6. The van der Waals surface area contributed by atoms with Gasteiger partial charge in [0, 0.05) is 17.5 Å². The normalized spacial score (nSPS) is 33.5. The molecule has 4 bridgehead atoms. The number of fused-ring (bicyclic) bond motifs is 2. The maximum absolute atomic E-state index is 13.3. The molecule has 5 rings (SSSR count). The predicted octanol–water partition coefficient (Wildman–Crippen LogP) is 3.10. The summed E-state index contributed by atoms with van der Waals surface area (Å²) in [4.78, 5) is 28.9. The third-order valence-corrected chi connectivity index (χ3v) is 8.42. The van der Waals surface area contributed by atoms with Crippen molar-refractivity contribution in [2.45, 2.75) is 64.5 Å². The highest BCUT2D eigenvalue weighted by Crippen LogP contribution is 2.68. The fourth-order valence-corrected chi connectivity index (χ4v) is 6.81. The molecule has 1 aromatic rings. The average Bonchev–Trinajstić information content (AvgIpc) is 2.71. The minimum atomic E-state index is -1.29. The average molecular weight is 416 g/mol. The van der Waals surface area contributed by atoms with Crippen LogP contribution in [-0.4, -0.2) is 56.3 Å². The number of methoxy groups -OCH3 is 1. The van der Waals surface area contributed by atoms with E-state index in [1.807, 2.05) is 19.2 Å². The summed E-state index contributed by atoms with van der Waals surface area (Å²) in [6, 6.07) is 6.18. The van der Waals surface area contributed by atoms with Gasteiger partial charge in [-0.1, -0.05) is 26.0 Å². The van der Waals surface area contributed by atoms with Crippen molar-refractivity contribution in [3.05, 3.63) is 29.3 Å². The molecule has 2 aliphatic heterocycles. The second-order valence-electron chi connectivity index (χ2n) is 9.43. The molecule has 0 amide bonds. The molecule has 1 saturated carbocycles. The molecule has 0 aromatic heterocycles. The van der Waals surface area contributed by atoms with Gasteiger partial charge in [-0.3, -0.25) is 14.5 Å². The van der Waals surface area contributed by atoms with Gasteiger partial charge in [-0.05, 0) is 62.8 Å². The van der Waals surface area contributed by atoms with E-state index in [9.17, 15) is 9.59 Å². The lowest BCUT2D eigenvalue weighted by molar-refractivity contribution is -0.219. The number of hydrogen-bond donors (Lipinski definition) is 0. The van der Waals surface area contributed by atoms with Crippen molar-refractivity contribution in [1.29, 1.82) is 0 Å². The summed E-state index contributed by atoms with van der Waals surface area (Å²) in [5, 5.41) is 0. The quantitative estimate of drug-likeness (QED) is 0.544. The van der Waals surface area contributed by atoms with Gasteiger partial charge >= 0.3 is 11.9 Å². The standard InChI is InChI=1S/C24H33NO5/c1-7-29-20(26)24(21(27)30-8-2)14-23(4)18-12-15-16(10-9-11-17(15)28-6)22(23,3)13-19(24)25(18)5/h9-11,18-19H,7-8,12-14H2,1-6H3. The number of esters is 2. The van der Waals surface area contributed by atoms with Crippen LogP contribution >= 0.6 is 0 Å². The number of ether oxygens (including phenoxy) is 3. The topological polar surface area (TPSA) is 65.1 Å². The first kappa shape index (κ1) is 21.2. The molecule has 164 valence electrons. The van der Waals surface area contributed by atoms with Crippen LogP contribution in [0.25, 0.3) is 0 Å². The Kier molecular flexibility index (Phi) is 4.92. The van der Waals surface area contributed by atoms with Gasteiger partial charge in [0.1, 0.15) is 5.75 Å². The van der Waals surface area contributed by atoms with Gasteiger partial charge in [-0.15, -0.1) is 0 Å². The summed E-state index contributed by atoms with van der Waals surface area (Å²) in [6.45, 7) is 8.57. The van der Waals surface area contributed by atoms with Crippen molar-refractivity contribution >= 4 is 11.9 Å². The third-order valence-electron chi connectivity index (χ3n) is 8.42. The second-order valence-corrected chi connectivity index (χ2v) is 9.43. The Morgan fingerprint density at radius 1 is 1.10 bits per heavy atom. The molecule has 4 atom stereocenters. The van der Waals surface area contributed by atoms with Gasteiger partial charge < -0.3 is 14.2 Å². The number of rotatable bonds is 5. The molecule has 6 nitrogen and oxygen atoms in total. The summed E-state index contributed by atoms with van der Waals surface area (Å²) < 4.78 is 16.6. The van der Waals surface area contributed by atoms with E-state index in [0.29, 0.717) is 12.8 Å². The van der Waals surface area contributed by atoms with Crippen molar-refractivity contribution < 1.29 is 23.8 Å². The van der Waals surface area contributed by atoms with E-state index < -0.39 is 17.4 Å². The lowest BCUT2D eigenvalue weighted by atomic mass is 9.39. The summed E-state index contributed by atoms with van der Waals surface area (Å²) >= 11 is 0. The fraction of sp³-hybridized carbons (Fsp3) is 0.667. The number of carbonyl (C=O) groups excluding carboxylic acids is 2. The SMILES string of the molecule is CCOC(=O)C1(C(=O)OCC)CC2(C)C3Cc4c(OC)cccc4C2(C)CC1N3C. The highest BCUT2D eigenvalue weighted by atomic mass is 16.6. The highest BCUT2D eigenvalue weighted by molar-refractivity contribution is 6.01. The van der Waals surface area contributed by atoms with E-state index in [2.05, 4.69) is 24.8 Å². The summed E-state index contributed by atoms with van der Waals surface area (Å²) in [5.41, 5.74) is 0.756. The van der Waals surface area contributed by atoms with Gasteiger partial charge in [0.25, 0.3) is 0 Å². The largest absolute Gasteiger partial charge is 0.496 e. The molecular weight excluding hydrogens is 382 g/mol. The van der Waals surface area contributed by atoms with Crippen LogP contribution in [0.1, 0.15) is 51.7 Å². The Bertz CT molecular complexity index is 864. The Labute approximate surface area is 178 Å². The second kappa shape index (κ2) is 6.98. The van der Waals surface area contributed by atoms with Gasteiger partial charge in [-0.2, -0.15) is 0 Å². The van der Waals surface area contributed by atoms with Crippen LogP contribution in [-0.2, 0) is 30.9 Å². The van der Waals surface area contributed by atoms with E-state index in [4.69, 9.17) is 14.2 Å².